The van der Waals surface area contributed by atoms with Crippen LogP contribution in [-0.4, -0.2) is 23.7 Å². The number of carboxylic acid groups (broad SMARTS) is 1. The number of rotatable bonds is 9. The second-order valence-electron chi connectivity index (χ2n) is 5.75. The van der Waals surface area contributed by atoms with Crippen LogP contribution in [0, 0.1) is 5.92 Å². The highest BCUT2D eigenvalue weighted by atomic mass is 32.1. The van der Waals surface area contributed by atoms with Crippen LogP contribution in [0.5, 0.6) is 5.75 Å². The largest absolute Gasteiger partial charge is 0.494 e. The topological polar surface area (TPSA) is 72.5 Å². The predicted octanol–water partition coefficient (Wildman–Crippen LogP) is 3.55. The Labute approximate surface area is 140 Å². The number of thiophene rings is 1. The Bertz CT molecular complexity index is 593. The fourth-order valence-electron chi connectivity index (χ4n) is 2.44. The van der Waals surface area contributed by atoms with E-state index in [0.29, 0.717) is 19.4 Å². The first-order valence-corrected chi connectivity index (χ1v) is 8.71. The van der Waals surface area contributed by atoms with E-state index in [2.05, 4.69) is 29.0 Å². The van der Waals surface area contributed by atoms with Crippen LogP contribution in [0.15, 0.2) is 41.1 Å². The first kappa shape index (κ1) is 17.5. The van der Waals surface area contributed by atoms with Crippen molar-refractivity contribution >= 4 is 17.3 Å². The Morgan fingerprint density at radius 1 is 1.26 bits per heavy atom. The molecule has 0 saturated heterocycles. The summed E-state index contributed by atoms with van der Waals surface area (Å²) in [6, 6.07) is 9.84. The highest BCUT2D eigenvalue weighted by molar-refractivity contribution is 7.07. The number of carboxylic acids is 1. The van der Waals surface area contributed by atoms with Crippen LogP contribution >= 0.6 is 11.3 Å². The van der Waals surface area contributed by atoms with Gasteiger partial charge in [-0.05, 0) is 66.3 Å². The summed E-state index contributed by atoms with van der Waals surface area (Å²) < 4.78 is 5.67. The molecule has 0 bridgehead atoms. The molecule has 1 aromatic heterocycles. The van der Waals surface area contributed by atoms with E-state index in [9.17, 15) is 4.79 Å². The van der Waals surface area contributed by atoms with Gasteiger partial charge in [-0.25, -0.2) is 0 Å². The molecule has 124 valence electrons. The summed E-state index contributed by atoms with van der Waals surface area (Å²) in [6.45, 7) is 2.23. The third-order valence-electron chi connectivity index (χ3n) is 3.79. The van der Waals surface area contributed by atoms with E-state index in [0.717, 1.165) is 12.2 Å². The first-order chi connectivity index (χ1) is 11.1. The molecule has 0 fully saturated rings. The number of ether oxygens (including phenoxy) is 1. The predicted molar refractivity (Wildman–Crippen MR) is 93.1 cm³/mol. The average Bonchev–Trinajstić information content (AvgIpc) is 3.01. The fourth-order valence-corrected chi connectivity index (χ4v) is 3.11. The van der Waals surface area contributed by atoms with Crippen LogP contribution in [0.3, 0.4) is 0 Å². The highest BCUT2D eigenvalue weighted by Crippen LogP contribution is 2.17. The summed E-state index contributed by atoms with van der Waals surface area (Å²) in [4.78, 5) is 11.1. The molecule has 1 aromatic carbocycles. The van der Waals surface area contributed by atoms with Crippen molar-refractivity contribution < 1.29 is 14.6 Å². The molecule has 0 spiro atoms. The average molecular weight is 333 g/mol. The molecule has 0 aliphatic rings. The van der Waals surface area contributed by atoms with Gasteiger partial charge in [0, 0.05) is 6.04 Å². The van der Waals surface area contributed by atoms with E-state index in [1.54, 1.807) is 18.3 Å². The molecular formula is C18H23NO3S. The molecule has 1 heterocycles. The molecule has 0 amide bonds. The zero-order valence-corrected chi connectivity index (χ0v) is 14.1. The minimum atomic E-state index is -0.835. The van der Waals surface area contributed by atoms with Crippen molar-refractivity contribution in [3.63, 3.8) is 0 Å². The van der Waals surface area contributed by atoms with Crippen LogP contribution in [0.1, 0.15) is 30.9 Å². The molecule has 2 aromatic rings. The highest BCUT2D eigenvalue weighted by Gasteiger charge is 2.21. The molecule has 3 N–H and O–H groups in total. The van der Waals surface area contributed by atoms with Gasteiger partial charge >= 0.3 is 5.97 Å². The second kappa shape index (κ2) is 8.70. The van der Waals surface area contributed by atoms with E-state index >= 15 is 0 Å². The maximum Gasteiger partial charge on any atom is 0.308 e. The van der Waals surface area contributed by atoms with Crippen molar-refractivity contribution in [1.29, 1.82) is 0 Å². The van der Waals surface area contributed by atoms with Crippen molar-refractivity contribution in [3.8, 4) is 5.75 Å². The van der Waals surface area contributed by atoms with Gasteiger partial charge in [-0.3, -0.25) is 4.79 Å². The fraction of sp³-hybridized carbons (Fsp3) is 0.389. The smallest absolute Gasteiger partial charge is 0.308 e. The number of hydrogen-bond donors (Lipinski definition) is 2. The van der Waals surface area contributed by atoms with E-state index in [1.165, 1.54) is 11.1 Å². The maximum absolute atomic E-state index is 11.1. The minimum Gasteiger partial charge on any atom is -0.494 e. The van der Waals surface area contributed by atoms with E-state index in [1.807, 2.05) is 12.1 Å². The minimum absolute atomic E-state index is 0.344. The van der Waals surface area contributed by atoms with Crippen LogP contribution < -0.4 is 10.5 Å². The second-order valence-corrected chi connectivity index (χ2v) is 6.53. The standard InChI is InChI=1S/C18H23NO3S/c1-13(19)17(18(20)21)3-2-9-22-16-6-4-14(5-7-16)11-15-8-10-23-12-15/h4-8,10,12-13,17H,2-3,9,11,19H2,1H3,(H,20,21). The third-order valence-corrected chi connectivity index (χ3v) is 4.52. The summed E-state index contributed by atoms with van der Waals surface area (Å²) in [6.07, 6.45) is 2.14. The Balaban J connectivity index is 1.75. The van der Waals surface area contributed by atoms with Gasteiger partial charge in [-0.2, -0.15) is 11.3 Å². The van der Waals surface area contributed by atoms with Crippen molar-refractivity contribution in [2.75, 3.05) is 6.61 Å². The number of nitrogens with two attached hydrogens (primary N) is 1. The number of hydrogen-bond acceptors (Lipinski definition) is 4. The molecule has 0 aliphatic heterocycles. The van der Waals surface area contributed by atoms with Gasteiger partial charge in [-0.15, -0.1) is 0 Å². The first-order valence-electron chi connectivity index (χ1n) is 7.77. The summed E-state index contributed by atoms with van der Waals surface area (Å²) >= 11 is 1.71. The van der Waals surface area contributed by atoms with Gasteiger partial charge in [-0.1, -0.05) is 12.1 Å². The monoisotopic (exact) mass is 333 g/mol. The molecule has 0 saturated carbocycles. The SMILES string of the molecule is CC(N)C(CCCOc1ccc(Cc2ccsc2)cc1)C(=O)O. The summed E-state index contributed by atoms with van der Waals surface area (Å²) in [7, 11) is 0. The Kier molecular flexibility index (Phi) is 6.62. The van der Waals surface area contributed by atoms with Crippen LogP contribution in [0.25, 0.3) is 0 Å². The van der Waals surface area contributed by atoms with E-state index in [-0.39, 0.29) is 6.04 Å². The molecule has 0 radical (unpaired) electrons. The Hall–Kier alpha value is -1.85. The third kappa shape index (κ3) is 5.69. The van der Waals surface area contributed by atoms with Crippen LogP contribution in [-0.2, 0) is 11.2 Å². The van der Waals surface area contributed by atoms with Crippen molar-refractivity contribution in [3.05, 3.63) is 52.2 Å². The summed E-state index contributed by atoms with van der Waals surface area (Å²) in [5.41, 5.74) is 8.25. The summed E-state index contributed by atoms with van der Waals surface area (Å²) in [5.74, 6) is -0.531. The molecule has 4 nitrogen and oxygen atoms in total. The number of benzene rings is 1. The normalized spacial score (nSPS) is 13.5. The molecule has 0 aliphatic carbocycles. The molecule has 23 heavy (non-hydrogen) atoms. The zero-order valence-electron chi connectivity index (χ0n) is 13.3. The van der Waals surface area contributed by atoms with E-state index < -0.39 is 11.9 Å². The molecule has 2 rings (SSSR count). The van der Waals surface area contributed by atoms with Gasteiger partial charge in [0.05, 0.1) is 12.5 Å². The number of aliphatic carboxylic acids is 1. The Morgan fingerprint density at radius 3 is 2.57 bits per heavy atom. The van der Waals surface area contributed by atoms with Crippen molar-refractivity contribution in [2.24, 2.45) is 11.7 Å². The molecule has 5 heteroatoms. The van der Waals surface area contributed by atoms with Gasteiger partial charge in [0.2, 0.25) is 0 Å². The van der Waals surface area contributed by atoms with Crippen molar-refractivity contribution in [1.82, 2.24) is 0 Å². The summed E-state index contributed by atoms with van der Waals surface area (Å²) in [5, 5.41) is 13.3. The lowest BCUT2D eigenvalue weighted by atomic mass is 9.97. The molecular weight excluding hydrogens is 310 g/mol. The lowest BCUT2D eigenvalue weighted by Crippen LogP contribution is -2.33. The van der Waals surface area contributed by atoms with E-state index in [4.69, 9.17) is 15.6 Å². The van der Waals surface area contributed by atoms with Crippen molar-refractivity contribution in [2.45, 2.75) is 32.2 Å². The quantitative estimate of drug-likeness (QED) is 0.688. The molecule has 2 unspecified atom stereocenters. The molecule has 2 atom stereocenters. The number of carbonyl (C=O) groups is 1. The van der Waals surface area contributed by atoms with Gasteiger partial charge in [0.25, 0.3) is 0 Å². The van der Waals surface area contributed by atoms with Gasteiger partial charge < -0.3 is 15.6 Å². The maximum atomic E-state index is 11.1. The lowest BCUT2D eigenvalue weighted by Gasteiger charge is -2.16. The zero-order chi connectivity index (χ0) is 16.7. The Morgan fingerprint density at radius 2 is 2.00 bits per heavy atom. The lowest BCUT2D eigenvalue weighted by molar-refractivity contribution is -0.142. The van der Waals surface area contributed by atoms with Crippen LogP contribution in [0.2, 0.25) is 0 Å². The van der Waals surface area contributed by atoms with Gasteiger partial charge in [0.15, 0.2) is 0 Å². The van der Waals surface area contributed by atoms with Gasteiger partial charge in [0.1, 0.15) is 5.75 Å². The van der Waals surface area contributed by atoms with Crippen LogP contribution in [0.4, 0.5) is 0 Å².